The molecule has 1 amide bonds. The third-order valence-corrected chi connectivity index (χ3v) is 6.47. The molecule has 6 heteroatoms. The monoisotopic (exact) mass is 478 g/mol. The Kier molecular flexibility index (Phi) is 9.10. The standard InChI is InChI=1S/C29H38N2O4/c1-6-8-18-35-23-14-15-24(20(3)19-23)27(32)25-26(22-12-10-21(7-2)11-13-22)31(29(34)28(25)33)17-9-16-30(4)5/h10-15,19,26,32H,6-9,16-18H2,1-5H3/b27-25+/t26-/m1/s1. The van der Waals surface area contributed by atoms with E-state index in [2.05, 4.69) is 18.7 Å². The zero-order valence-corrected chi connectivity index (χ0v) is 21.6. The molecule has 0 saturated carbocycles. The second-order valence-corrected chi connectivity index (χ2v) is 9.42. The first-order chi connectivity index (χ1) is 16.8. The van der Waals surface area contributed by atoms with Gasteiger partial charge >= 0.3 is 0 Å². The zero-order valence-electron chi connectivity index (χ0n) is 21.6. The minimum Gasteiger partial charge on any atom is -0.507 e. The number of hydrogen-bond acceptors (Lipinski definition) is 5. The minimum atomic E-state index is -0.639. The van der Waals surface area contributed by atoms with Crippen molar-refractivity contribution in [2.24, 2.45) is 0 Å². The Morgan fingerprint density at radius 3 is 2.37 bits per heavy atom. The van der Waals surface area contributed by atoms with E-state index in [9.17, 15) is 14.7 Å². The highest BCUT2D eigenvalue weighted by Crippen LogP contribution is 2.40. The molecule has 1 heterocycles. The van der Waals surface area contributed by atoms with Crippen molar-refractivity contribution >= 4 is 17.4 Å². The van der Waals surface area contributed by atoms with Gasteiger partial charge in [0.25, 0.3) is 11.7 Å². The Labute approximate surface area is 209 Å². The number of benzene rings is 2. The van der Waals surface area contributed by atoms with E-state index in [4.69, 9.17) is 4.74 Å². The number of rotatable bonds is 11. The summed E-state index contributed by atoms with van der Waals surface area (Å²) in [6.07, 6.45) is 3.64. The van der Waals surface area contributed by atoms with Gasteiger partial charge in [-0.15, -0.1) is 0 Å². The molecule has 0 radical (unpaired) electrons. The Morgan fingerprint density at radius 2 is 1.77 bits per heavy atom. The molecule has 2 aromatic rings. The molecule has 0 bridgehead atoms. The lowest BCUT2D eigenvalue weighted by molar-refractivity contribution is -0.139. The number of aliphatic hydroxyl groups is 1. The van der Waals surface area contributed by atoms with Gasteiger partial charge in [-0.05, 0) is 81.7 Å². The van der Waals surface area contributed by atoms with Crippen LogP contribution in [0.25, 0.3) is 5.76 Å². The summed E-state index contributed by atoms with van der Waals surface area (Å²) in [6, 6.07) is 12.8. The number of aliphatic hydroxyl groups excluding tert-OH is 1. The van der Waals surface area contributed by atoms with Crippen LogP contribution in [-0.2, 0) is 16.0 Å². The fraction of sp³-hybridized carbons (Fsp3) is 0.448. The van der Waals surface area contributed by atoms with Gasteiger partial charge in [0.15, 0.2) is 0 Å². The van der Waals surface area contributed by atoms with Crippen LogP contribution in [0.15, 0.2) is 48.0 Å². The van der Waals surface area contributed by atoms with E-state index in [1.54, 1.807) is 17.0 Å². The molecule has 2 aromatic carbocycles. The van der Waals surface area contributed by atoms with E-state index in [0.717, 1.165) is 49.1 Å². The molecule has 0 aromatic heterocycles. The lowest BCUT2D eigenvalue weighted by Crippen LogP contribution is -2.32. The largest absolute Gasteiger partial charge is 0.507 e. The maximum absolute atomic E-state index is 13.2. The van der Waals surface area contributed by atoms with Gasteiger partial charge in [0.05, 0.1) is 18.2 Å². The first kappa shape index (κ1) is 26.5. The van der Waals surface area contributed by atoms with E-state index in [0.29, 0.717) is 18.7 Å². The van der Waals surface area contributed by atoms with Crippen molar-refractivity contribution in [2.75, 3.05) is 33.8 Å². The van der Waals surface area contributed by atoms with Crippen LogP contribution < -0.4 is 4.74 Å². The number of aryl methyl sites for hydroxylation is 2. The van der Waals surface area contributed by atoms with Crippen LogP contribution in [0.3, 0.4) is 0 Å². The first-order valence-corrected chi connectivity index (χ1v) is 12.5. The van der Waals surface area contributed by atoms with Gasteiger partial charge in [-0.2, -0.15) is 0 Å². The Balaban J connectivity index is 2.03. The van der Waals surface area contributed by atoms with Crippen molar-refractivity contribution in [3.63, 3.8) is 0 Å². The quantitative estimate of drug-likeness (QED) is 0.210. The van der Waals surface area contributed by atoms with Crippen molar-refractivity contribution in [1.29, 1.82) is 0 Å². The normalized spacial score (nSPS) is 17.4. The highest BCUT2D eigenvalue weighted by Gasteiger charge is 2.45. The summed E-state index contributed by atoms with van der Waals surface area (Å²) in [5.74, 6) is -0.615. The van der Waals surface area contributed by atoms with Crippen molar-refractivity contribution in [1.82, 2.24) is 9.80 Å². The number of amides is 1. The molecule has 1 N–H and O–H groups in total. The molecule has 188 valence electrons. The van der Waals surface area contributed by atoms with Crippen molar-refractivity contribution < 1.29 is 19.4 Å². The Morgan fingerprint density at radius 1 is 1.06 bits per heavy atom. The van der Waals surface area contributed by atoms with Gasteiger partial charge in [0.2, 0.25) is 0 Å². The number of carbonyl (C=O) groups is 2. The summed E-state index contributed by atoms with van der Waals surface area (Å²) in [7, 11) is 3.96. The molecule has 1 aliphatic heterocycles. The Hall–Kier alpha value is -3.12. The molecule has 1 saturated heterocycles. The molecule has 1 aliphatic rings. The van der Waals surface area contributed by atoms with Gasteiger partial charge in [-0.1, -0.05) is 44.5 Å². The highest BCUT2D eigenvalue weighted by atomic mass is 16.5. The summed E-state index contributed by atoms with van der Waals surface area (Å²) in [4.78, 5) is 30.0. The average Bonchev–Trinajstić information content (AvgIpc) is 3.09. The molecule has 0 spiro atoms. The summed E-state index contributed by atoms with van der Waals surface area (Å²) in [5, 5.41) is 11.4. The molecule has 3 rings (SSSR count). The van der Waals surface area contributed by atoms with E-state index >= 15 is 0 Å². The molecule has 0 unspecified atom stereocenters. The molecule has 1 atom stereocenters. The number of nitrogens with zero attached hydrogens (tertiary/aromatic N) is 2. The van der Waals surface area contributed by atoms with E-state index in [1.165, 1.54) is 5.56 Å². The number of ether oxygens (including phenoxy) is 1. The molecule has 6 nitrogen and oxygen atoms in total. The van der Waals surface area contributed by atoms with Crippen LogP contribution in [0, 0.1) is 6.92 Å². The maximum atomic E-state index is 13.2. The number of carbonyl (C=O) groups excluding carboxylic acids is 2. The molecular weight excluding hydrogens is 440 g/mol. The second-order valence-electron chi connectivity index (χ2n) is 9.42. The lowest BCUT2D eigenvalue weighted by Gasteiger charge is -2.26. The average molecular weight is 479 g/mol. The summed E-state index contributed by atoms with van der Waals surface area (Å²) >= 11 is 0. The fourth-order valence-corrected chi connectivity index (χ4v) is 4.42. The molecule has 0 aliphatic carbocycles. The smallest absolute Gasteiger partial charge is 0.295 e. The third-order valence-electron chi connectivity index (χ3n) is 6.47. The van der Waals surface area contributed by atoms with Crippen LogP contribution in [0.1, 0.15) is 61.4 Å². The van der Waals surface area contributed by atoms with Crippen LogP contribution in [-0.4, -0.2) is 60.4 Å². The highest BCUT2D eigenvalue weighted by molar-refractivity contribution is 6.46. The van der Waals surface area contributed by atoms with Gasteiger partial charge in [0.1, 0.15) is 11.5 Å². The Bertz CT molecular complexity index is 1070. The predicted molar refractivity (Wildman–Crippen MR) is 140 cm³/mol. The fourth-order valence-electron chi connectivity index (χ4n) is 4.42. The maximum Gasteiger partial charge on any atom is 0.295 e. The number of hydrogen-bond donors (Lipinski definition) is 1. The summed E-state index contributed by atoms with van der Waals surface area (Å²) in [5.41, 5.74) is 3.47. The van der Waals surface area contributed by atoms with Crippen LogP contribution in [0.2, 0.25) is 0 Å². The van der Waals surface area contributed by atoms with Gasteiger partial charge < -0.3 is 19.6 Å². The topological polar surface area (TPSA) is 70.1 Å². The minimum absolute atomic E-state index is 0.138. The van der Waals surface area contributed by atoms with Crippen LogP contribution in [0.5, 0.6) is 5.75 Å². The molecule has 1 fully saturated rings. The van der Waals surface area contributed by atoms with Gasteiger partial charge in [0, 0.05) is 12.1 Å². The van der Waals surface area contributed by atoms with Gasteiger partial charge in [-0.3, -0.25) is 9.59 Å². The second kappa shape index (κ2) is 12.0. The van der Waals surface area contributed by atoms with E-state index in [-0.39, 0.29) is 11.3 Å². The third kappa shape index (κ3) is 6.12. The van der Waals surface area contributed by atoms with Crippen molar-refractivity contribution in [3.05, 3.63) is 70.3 Å². The zero-order chi connectivity index (χ0) is 25.5. The SMILES string of the molecule is CCCCOc1ccc(/C(O)=C2\C(=O)C(=O)N(CCCN(C)C)[C@@H]2c2ccc(CC)cc2)c(C)c1. The molecular formula is C29H38N2O4. The number of ketones is 1. The van der Waals surface area contributed by atoms with Gasteiger partial charge in [-0.25, -0.2) is 0 Å². The van der Waals surface area contributed by atoms with Crippen molar-refractivity contribution in [2.45, 2.75) is 52.5 Å². The van der Waals surface area contributed by atoms with Crippen molar-refractivity contribution in [3.8, 4) is 5.75 Å². The number of Topliss-reactive ketones (excluding diaryl/α,β-unsaturated/α-hetero) is 1. The van der Waals surface area contributed by atoms with E-state index in [1.807, 2.05) is 51.4 Å². The van der Waals surface area contributed by atoms with Crippen LogP contribution in [0.4, 0.5) is 0 Å². The first-order valence-electron chi connectivity index (χ1n) is 12.5. The number of unbranched alkanes of at least 4 members (excludes halogenated alkanes) is 1. The number of likely N-dealkylation sites (tertiary alicyclic amines) is 1. The summed E-state index contributed by atoms with van der Waals surface area (Å²) < 4.78 is 5.79. The molecule has 35 heavy (non-hydrogen) atoms. The predicted octanol–water partition coefficient (Wildman–Crippen LogP) is 5.11. The van der Waals surface area contributed by atoms with E-state index < -0.39 is 17.7 Å². The summed E-state index contributed by atoms with van der Waals surface area (Å²) in [6.45, 7) is 7.93. The lowest BCUT2D eigenvalue weighted by atomic mass is 9.93. The van der Waals surface area contributed by atoms with Crippen LogP contribution >= 0.6 is 0 Å².